The zero-order chi connectivity index (χ0) is 20.0. The van der Waals surface area contributed by atoms with Crippen molar-refractivity contribution in [2.24, 2.45) is 23.5 Å². The highest BCUT2D eigenvalue weighted by atomic mass is 16.5. The van der Waals surface area contributed by atoms with Crippen LogP contribution in [0.15, 0.2) is 30.5 Å². The van der Waals surface area contributed by atoms with Crippen molar-refractivity contribution in [1.29, 1.82) is 0 Å². The van der Waals surface area contributed by atoms with Crippen molar-refractivity contribution in [2.75, 3.05) is 31.6 Å². The number of rotatable bonds is 4. The monoisotopic (exact) mass is 396 g/mol. The molecule has 2 bridgehead atoms. The van der Waals surface area contributed by atoms with Gasteiger partial charge in [0.1, 0.15) is 6.54 Å². The van der Waals surface area contributed by atoms with Crippen LogP contribution in [0.3, 0.4) is 0 Å². The molecule has 0 spiro atoms. The number of carbonyl (C=O) groups excluding carboxylic acids is 2. The fourth-order valence-electron chi connectivity index (χ4n) is 5.42. The van der Waals surface area contributed by atoms with Crippen molar-refractivity contribution in [3.8, 4) is 0 Å². The third-order valence-corrected chi connectivity index (χ3v) is 6.99. The first-order valence-corrected chi connectivity index (χ1v) is 10.6. The molecule has 29 heavy (non-hydrogen) atoms. The summed E-state index contributed by atoms with van der Waals surface area (Å²) >= 11 is 0. The summed E-state index contributed by atoms with van der Waals surface area (Å²) < 4.78 is 7.28. The smallest absolute Gasteiger partial charge is 0.242 e. The number of hydrogen-bond donors (Lipinski definition) is 2. The van der Waals surface area contributed by atoms with Gasteiger partial charge in [0.25, 0.3) is 0 Å². The van der Waals surface area contributed by atoms with Crippen LogP contribution in [0, 0.1) is 17.8 Å². The molecule has 4 unspecified atom stereocenters. The number of morpholine rings is 1. The summed E-state index contributed by atoms with van der Waals surface area (Å²) in [6.07, 6.45) is 5.31. The largest absolute Gasteiger partial charge is 0.378 e. The molecule has 2 aromatic rings. The Hall–Kier alpha value is -2.38. The molecular formula is C22H28N4O3. The highest BCUT2D eigenvalue weighted by molar-refractivity contribution is 5.96. The topological polar surface area (TPSA) is 89.6 Å². The summed E-state index contributed by atoms with van der Waals surface area (Å²) in [5, 5.41) is 4.08. The maximum absolute atomic E-state index is 12.8. The van der Waals surface area contributed by atoms with Gasteiger partial charge < -0.3 is 25.3 Å². The first kappa shape index (κ1) is 18.6. The van der Waals surface area contributed by atoms with E-state index in [-0.39, 0.29) is 23.8 Å². The van der Waals surface area contributed by atoms with Crippen LogP contribution in [0.1, 0.15) is 19.3 Å². The van der Waals surface area contributed by atoms with E-state index in [1.807, 2.05) is 39.9 Å². The number of nitrogens with two attached hydrogens (primary N) is 1. The first-order valence-electron chi connectivity index (χ1n) is 10.6. The van der Waals surface area contributed by atoms with Gasteiger partial charge in [0.15, 0.2) is 0 Å². The normalized spacial score (nSPS) is 28.8. The van der Waals surface area contributed by atoms with Crippen LogP contribution in [0.5, 0.6) is 0 Å². The van der Waals surface area contributed by atoms with Crippen LogP contribution in [-0.2, 0) is 20.9 Å². The van der Waals surface area contributed by atoms with E-state index in [1.54, 1.807) is 0 Å². The van der Waals surface area contributed by atoms with Crippen LogP contribution >= 0.6 is 0 Å². The molecule has 4 atom stereocenters. The van der Waals surface area contributed by atoms with E-state index in [2.05, 4.69) is 5.32 Å². The number of carbonyl (C=O) groups is 2. The van der Waals surface area contributed by atoms with Gasteiger partial charge in [0.2, 0.25) is 11.8 Å². The molecule has 2 aliphatic carbocycles. The van der Waals surface area contributed by atoms with Crippen molar-refractivity contribution < 1.29 is 14.3 Å². The Labute approximate surface area is 170 Å². The first-order chi connectivity index (χ1) is 14.1. The van der Waals surface area contributed by atoms with Crippen molar-refractivity contribution >= 4 is 28.4 Å². The fraction of sp³-hybridized carbons (Fsp3) is 0.545. The van der Waals surface area contributed by atoms with E-state index in [0.717, 1.165) is 35.9 Å². The Morgan fingerprint density at radius 3 is 2.69 bits per heavy atom. The molecule has 1 aromatic carbocycles. The molecule has 2 heterocycles. The predicted molar refractivity (Wildman–Crippen MR) is 110 cm³/mol. The maximum atomic E-state index is 12.8. The van der Waals surface area contributed by atoms with Gasteiger partial charge in [-0.1, -0.05) is 0 Å². The van der Waals surface area contributed by atoms with E-state index in [1.165, 1.54) is 0 Å². The molecule has 3 aliphatic rings. The lowest BCUT2D eigenvalue weighted by atomic mass is 9.84. The number of aromatic nitrogens is 1. The number of hydrogen-bond acceptors (Lipinski definition) is 4. The minimum absolute atomic E-state index is 0.00948. The van der Waals surface area contributed by atoms with E-state index in [4.69, 9.17) is 10.5 Å². The number of nitrogens with one attached hydrogen (secondary N) is 1. The van der Waals surface area contributed by atoms with Gasteiger partial charge in [-0.2, -0.15) is 0 Å². The number of benzene rings is 1. The summed E-state index contributed by atoms with van der Waals surface area (Å²) in [7, 11) is 0. The molecule has 7 heteroatoms. The van der Waals surface area contributed by atoms with Gasteiger partial charge in [-0.05, 0) is 55.4 Å². The lowest BCUT2D eigenvalue weighted by Gasteiger charge is -2.27. The van der Waals surface area contributed by atoms with Crippen molar-refractivity contribution in [3.63, 3.8) is 0 Å². The van der Waals surface area contributed by atoms with E-state index in [0.29, 0.717) is 44.7 Å². The standard InChI is InChI=1S/C22H28N4O3/c23-21-16-2-1-15(11-16)20(21)22(28)24-17-3-4-18-14(12-17)5-6-26(18)13-19(27)25-7-9-29-10-8-25/h3-6,12,15-16,20-21H,1-2,7-11,13,23H2,(H,24,28). The van der Waals surface area contributed by atoms with E-state index < -0.39 is 0 Å². The molecule has 2 amide bonds. The highest BCUT2D eigenvalue weighted by Gasteiger charge is 2.49. The van der Waals surface area contributed by atoms with Crippen LogP contribution in [0.25, 0.3) is 10.9 Å². The minimum atomic E-state index is -0.0693. The van der Waals surface area contributed by atoms with E-state index in [9.17, 15) is 9.59 Å². The second-order valence-electron chi connectivity index (χ2n) is 8.64. The predicted octanol–water partition coefficient (Wildman–Crippen LogP) is 1.81. The lowest BCUT2D eigenvalue weighted by Crippen LogP contribution is -2.42. The average Bonchev–Trinajstić information content (AvgIpc) is 3.43. The fourth-order valence-corrected chi connectivity index (χ4v) is 5.42. The Kier molecular flexibility index (Phi) is 4.80. The van der Waals surface area contributed by atoms with Crippen molar-refractivity contribution in [1.82, 2.24) is 9.47 Å². The Morgan fingerprint density at radius 2 is 1.93 bits per heavy atom. The highest BCUT2D eigenvalue weighted by Crippen LogP contribution is 2.47. The average molecular weight is 396 g/mol. The summed E-state index contributed by atoms with van der Waals surface area (Å²) in [6.45, 7) is 2.83. The lowest BCUT2D eigenvalue weighted by molar-refractivity contribution is -0.135. The molecule has 3 fully saturated rings. The van der Waals surface area contributed by atoms with Crippen molar-refractivity contribution in [2.45, 2.75) is 31.8 Å². The summed E-state index contributed by atoms with van der Waals surface area (Å²) in [6, 6.07) is 7.83. The van der Waals surface area contributed by atoms with Crippen LogP contribution in [-0.4, -0.2) is 53.6 Å². The van der Waals surface area contributed by atoms with E-state index >= 15 is 0 Å². The molecule has 0 radical (unpaired) electrons. The molecule has 1 aromatic heterocycles. The molecule has 154 valence electrons. The second-order valence-corrected chi connectivity index (χ2v) is 8.64. The third kappa shape index (κ3) is 3.42. The minimum Gasteiger partial charge on any atom is -0.378 e. The second kappa shape index (κ2) is 7.46. The van der Waals surface area contributed by atoms with Crippen molar-refractivity contribution in [3.05, 3.63) is 30.5 Å². The van der Waals surface area contributed by atoms with Crippen LogP contribution in [0.2, 0.25) is 0 Å². The van der Waals surface area contributed by atoms with Gasteiger partial charge in [-0.15, -0.1) is 0 Å². The maximum Gasteiger partial charge on any atom is 0.242 e. The van der Waals surface area contributed by atoms with Gasteiger partial charge in [0, 0.05) is 41.9 Å². The van der Waals surface area contributed by atoms with Gasteiger partial charge in [-0.3, -0.25) is 9.59 Å². The molecule has 3 N–H and O–H groups in total. The van der Waals surface area contributed by atoms with Gasteiger partial charge in [-0.25, -0.2) is 0 Å². The summed E-state index contributed by atoms with van der Waals surface area (Å²) in [5.41, 5.74) is 8.09. The molecule has 5 rings (SSSR count). The Morgan fingerprint density at radius 1 is 1.14 bits per heavy atom. The molecule has 1 aliphatic heterocycles. The molecular weight excluding hydrogens is 368 g/mol. The van der Waals surface area contributed by atoms with Crippen LogP contribution < -0.4 is 11.1 Å². The quantitative estimate of drug-likeness (QED) is 0.825. The van der Waals surface area contributed by atoms with Crippen LogP contribution in [0.4, 0.5) is 5.69 Å². The number of ether oxygens (including phenoxy) is 1. The molecule has 2 saturated carbocycles. The number of nitrogens with zero attached hydrogens (tertiary/aromatic N) is 2. The SMILES string of the molecule is NC1C2CCC(C2)C1C(=O)Nc1ccc2c(ccn2CC(=O)N2CCOCC2)c1. The number of fused-ring (bicyclic) bond motifs is 3. The molecule has 7 nitrogen and oxygen atoms in total. The summed E-state index contributed by atoms with van der Waals surface area (Å²) in [5.74, 6) is 1.03. The zero-order valence-electron chi connectivity index (χ0n) is 16.5. The molecule has 1 saturated heterocycles. The third-order valence-electron chi connectivity index (χ3n) is 6.99. The zero-order valence-corrected chi connectivity index (χ0v) is 16.5. The summed E-state index contributed by atoms with van der Waals surface area (Å²) in [4.78, 5) is 27.2. The Bertz CT molecular complexity index is 931. The number of amides is 2. The Balaban J connectivity index is 1.28. The van der Waals surface area contributed by atoms with Gasteiger partial charge in [0.05, 0.1) is 19.1 Å². The van der Waals surface area contributed by atoms with Gasteiger partial charge >= 0.3 is 0 Å². The number of anilines is 1.